The van der Waals surface area contributed by atoms with Crippen LogP contribution in [-0.4, -0.2) is 63.3 Å². The van der Waals surface area contributed by atoms with Crippen molar-refractivity contribution in [1.82, 2.24) is 14.8 Å². The molecule has 2 atom stereocenters. The van der Waals surface area contributed by atoms with Gasteiger partial charge < -0.3 is 10.0 Å². The van der Waals surface area contributed by atoms with Crippen molar-refractivity contribution >= 4 is 11.6 Å². The quantitative estimate of drug-likeness (QED) is 0.758. The third kappa shape index (κ3) is 4.53. The number of likely N-dealkylation sites (tertiary alicyclic amines) is 1. The van der Waals surface area contributed by atoms with Crippen LogP contribution >= 0.6 is 0 Å². The van der Waals surface area contributed by atoms with Gasteiger partial charge >= 0.3 is 0 Å². The molecule has 0 spiro atoms. The molecule has 2 aromatic rings. The van der Waals surface area contributed by atoms with Gasteiger partial charge in [0, 0.05) is 48.7 Å². The minimum atomic E-state index is -0.374. The summed E-state index contributed by atoms with van der Waals surface area (Å²) in [6.45, 7) is 12.0. The van der Waals surface area contributed by atoms with Crippen LogP contribution in [0.4, 0.5) is 0 Å². The first kappa shape index (κ1) is 23.2. The molecule has 1 N–H and O–H groups in total. The first-order valence-corrected chi connectivity index (χ1v) is 12.5. The number of carbonyl (C=O) groups excluding carboxylic acids is 1. The number of nitrogens with zero attached hydrogens (tertiary/aromatic N) is 4. The minimum absolute atomic E-state index is 0.139. The molecule has 3 aliphatic heterocycles. The molecule has 34 heavy (non-hydrogen) atoms. The van der Waals surface area contributed by atoms with Crippen LogP contribution in [0.3, 0.4) is 0 Å². The van der Waals surface area contributed by atoms with Gasteiger partial charge in [0.25, 0.3) is 0 Å². The Morgan fingerprint density at radius 1 is 1.18 bits per heavy atom. The highest BCUT2D eigenvalue weighted by Gasteiger charge is 2.34. The van der Waals surface area contributed by atoms with E-state index in [1.165, 1.54) is 16.7 Å². The van der Waals surface area contributed by atoms with Gasteiger partial charge in [-0.1, -0.05) is 26.8 Å². The van der Waals surface area contributed by atoms with Crippen LogP contribution in [0.1, 0.15) is 67.1 Å². The molecule has 4 heterocycles. The zero-order chi connectivity index (χ0) is 24.0. The maximum absolute atomic E-state index is 13.2. The van der Waals surface area contributed by atoms with Crippen LogP contribution in [0.2, 0.25) is 0 Å². The molecule has 0 radical (unpaired) electrons. The molecule has 6 heteroatoms. The fourth-order valence-corrected chi connectivity index (χ4v) is 5.43. The number of hydrogen-bond donors (Lipinski definition) is 1. The molecule has 0 bridgehead atoms. The van der Waals surface area contributed by atoms with E-state index in [4.69, 9.17) is 4.99 Å². The van der Waals surface area contributed by atoms with E-state index in [0.29, 0.717) is 26.1 Å². The number of piperidine rings is 1. The lowest BCUT2D eigenvalue weighted by molar-refractivity contribution is -0.136. The zero-order valence-corrected chi connectivity index (χ0v) is 20.8. The standard InChI is InChI=1S/C28H36N4O2/c1-18-10-19(7-8-29-18)27-24-12-22-15-32(26(34)13-20(22)11-21(24)14-30-27)23-6-5-9-31(16-23)17-25(33)28(2,3)4/h7-8,10-12,23,25,33H,5-6,9,13-17H2,1-4H3/t23-,25?/m1/s1. The topological polar surface area (TPSA) is 69.0 Å². The van der Waals surface area contributed by atoms with Crippen LogP contribution in [-0.2, 0) is 24.3 Å². The molecule has 1 aromatic heterocycles. The summed E-state index contributed by atoms with van der Waals surface area (Å²) in [5.41, 5.74) is 7.79. The van der Waals surface area contributed by atoms with Gasteiger partial charge in [0.05, 0.1) is 24.8 Å². The third-order valence-electron chi connectivity index (χ3n) is 7.61. The maximum atomic E-state index is 13.2. The molecule has 5 rings (SSSR count). The lowest BCUT2D eigenvalue weighted by Gasteiger charge is -2.43. The van der Waals surface area contributed by atoms with Gasteiger partial charge in [0.15, 0.2) is 0 Å². The van der Waals surface area contributed by atoms with Crippen LogP contribution in [0.25, 0.3) is 0 Å². The molecule has 6 nitrogen and oxygen atoms in total. The number of carbonyl (C=O) groups is 1. The van der Waals surface area contributed by atoms with Crippen molar-refractivity contribution in [3.05, 3.63) is 64.0 Å². The molecule has 1 unspecified atom stereocenters. The fraction of sp³-hybridized carbons (Fsp3) is 0.536. The highest BCUT2D eigenvalue weighted by atomic mass is 16.3. The highest BCUT2D eigenvalue weighted by Crippen LogP contribution is 2.32. The van der Waals surface area contributed by atoms with Crippen LogP contribution in [0, 0.1) is 12.3 Å². The largest absolute Gasteiger partial charge is 0.391 e. The molecular weight excluding hydrogens is 424 g/mol. The van der Waals surface area contributed by atoms with Crippen molar-refractivity contribution in [2.24, 2.45) is 10.4 Å². The van der Waals surface area contributed by atoms with E-state index in [1.54, 1.807) is 0 Å². The number of aliphatic hydroxyl groups is 1. The number of β-amino-alcohol motifs (C(OH)–C–C–N with tert-alkyl or cyclic N) is 1. The Morgan fingerprint density at radius 3 is 2.76 bits per heavy atom. The van der Waals surface area contributed by atoms with E-state index in [-0.39, 0.29) is 23.5 Å². The molecule has 1 amide bonds. The molecule has 1 saturated heterocycles. The van der Waals surface area contributed by atoms with Crippen molar-refractivity contribution in [2.75, 3.05) is 19.6 Å². The van der Waals surface area contributed by atoms with Gasteiger partial charge in [-0.05, 0) is 66.6 Å². The average Bonchev–Trinajstić information content (AvgIpc) is 3.19. The second kappa shape index (κ2) is 8.90. The number of fused-ring (bicyclic) bond motifs is 2. The molecule has 3 aliphatic rings. The van der Waals surface area contributed by atoms with Crippen molar-refractivity contribution < 1.29 is 9.90 Å². The monoisotopic (exact) mass is 460 g/mol. The first-order chi connectivity index (χ1) is 16.2. The van der Waals surface area contributed by atoms with Crippen molar-refractivity contribution in [3.63, 3.8) is 0 Å². The lowest BCUT2D eigenvalue weighted by Crippen LogP contribution is -2.53. The summed E-state index contributed by atoms with van der Waals surface area (Å²) in [6.07, 6.45) is 4.02. The second-order valence-electron chi connectivity index (χ2n) is 11.3. The summed E-state index contributed by atoms with van der Waals surface area (Å²) in [6, 6.07) is 8.79. The average molecular weight is 461 g/mol. The van der Waals surface area contributed by atoms with E-state index in [0.717, 1.165) is 48.5 Å². The third-order valence-corrected chi connectivity index (χ3v) is 7.61. The van der Waals surface area contributed by atoms with E-state index >= 15 is 0 Å². The van der Waals surface area contributed by atoms with Gasteiger partial charge in [0.1, 0.15) is 0 Å². The predicted molar refractivity (Wildman–Crippen MR) is 134 cm³/mol. The van der Waals surface area contributed by atoms with Crippen LogP contribution < -0.4 is 0 Å². The Morgan fingerprint density at radius 2 is 2.00 bits per heavy atom. The maximum Gasteiger partial charge on any atom is 0.227 e. The SMILES string of the molecule is Cc1cc(C2=NCc3cc4c(cc32)CN([C@@H]2CCCN(CC(O)C(C)(C)C)C2)C(=O)C4)ccn1. The first-order valence-electron chi connectivity index (χ1n) is 12.5. The van der Waals surface area contributed by atoms with Crippen LogP contribution in [0.15, 0.2) is 35.5 Å². The van der Waals surface area contributed by atoms with Gasteiger partial charge in [0.2, 0.25) is 5.91 Å². The van der Waals surface area contributed by atoms with E-state index < -0.39 is 0 Å². The molecule has 0 saturated carbocycles. The summed E-state index contributed by atoms with van der Waals surface area (Å²) in [4.78, 5) is 26.8. The zero-order valence-electron chi connectivity index (χ0n) is 20.8. The Balaban J connectivity index is 1.35. The number of aromatic nitrogens is 1. The summed E-state index contributed by atoms with van der Waals surface area (Å²) < 4.78 is 0. The van der Waals surface area contributed by atoms with E-state index in [9.17, 15) is 9.90 Å². The smallest absolute Gasteiger partial charge is 0.227 e. The van der Waals surface area contributed by atoms with Gasteiger partial charge in [-0.2, -0.15) is 0 Å². The molecule has 1 fully saturated rings. The number of hydrogen-bond acceptors (Lipinski definition) is 5. The molecular formula is C28H36N4O2. The van der Waals surface area contributed by atoms with Crippen molar-refractivity contribution in [3.8, 4) is 0 Å². The van der Waals surface area contributed by atoms with Gasteiger partial charge in [-0.15, -0.1) is 0 Å². The molecule has 180 valence electrons. The van der Waals surface area contributed by atoms with Crippen molar-refractivity contribution in [2.45, 2.75) is 72.2 Å². The highest BCUT2D eigenvalue weighted by molar-refractivity contribution is 6.15. The van der Waals surface area contributed by atoms with Gasteiger partial charge in [-0.3, -0.25) is 19.7 Å². The normalized spacial score (nSPS) is 21.8. The summed E-state index contributed by atoms with van der Waals surface area (Å²) in [5.74, 6) is 0.222. The van der Waals surface area contributed by atoms with E-state index in [1.807, 2.05) is 19.2 Å². The Kier molecular flexibility index (Phi) is 6.07. The Bertz CT molecular complexity index is 1130. The summed E-state index contributed by atoms with van der Waals surface area (Å²) in [7, 11) is 0. The van der Waals surface area contributed by atoms with Crippen LogP contribution in [0.5, 0.6) is 0 Å². The number of aliphatic hydroxyl groups excluding tert-OH is 1. The number of rotatable bonds is 4. The Labute approximate surface area is 202 Å². The fourth-order valence-electron chi connectivity index (χ4n) is 5.43. The second-order valence-corrected chi connectivity index (χ2v) is 11.3. The number of pyridine rings is 1. The lowest BCUT2D eigenvalue weighted by atomic mass is 9.88. The number of aliphatic imine (C=N–C) groups is 1. The van der Waals surface area contributed by atoms with Crippen molar-refractivity contribution in [1.29, 1.82) is 0 Å². The van der Waals surface area contributed by atoms with Gasteiger partial charge in [-0.25, -0.2) is 0 Å². The summed E-state index contributed by atoms with van der Waals surface area (Å²) in [5, 5.41) is 10.6. The predicted octanol–water partition coefficient (Wildman–Crippen LogP) is 3.50. The Hall–Kier alpha value is -2.57. The van der Waals surface area contributed by atoms with E-state index in [2.05, 4.69) is 53.8 Å². The number of benzene rings is 1. The molecule has 0 aliphatic carbocycles. The molecule has 1 aromatic carbocycles. The number of aryl methyl sites for hydroxylation is 1. The summed E-state index contributed by atoms with van der Waals surface area (Å²) >= 11 is 0. The number of amides is 1. The minimum Gasteiger partial charge on any atom is -0.391 e.